The second kappa shape index (κ2) is 6.28. The molecule has 0 unspecified atom stereocenters. The predicted octanol–water partition coefficient (Wildman–Crippen LogP) is 3.36. The van der Waals surface area contributed by atoms with Gasteiger partial charge in [0.25, 0.3) is 5.91 Å². The Labute approximate surface area is 130 Å². The molecule has 2 N–H and O–H groups in total. The molecule has 2 fully saturated rings. The highest BCUT2D eigenvalue weighted by Gasteiger charge is 2.38. The van der Waals surface area contributed by atoms with Crippen molar-refractivity contribution in [1.29, 1.82) is 0 Å². The van der Waals surface area contributed by atoms with Crippen LogP contribution < -0.4 is 5.32 Å². The summed E-state index contributed by atoms with van der Waals surface area (Å²) < 4.78 is 6.56. The fourth-order valence-electron chi connectivity index (χ4n) is 3.56. The van der Waals surface area contributed by atoms with Gasteiger partial charge in [0.2, 0.25) is 0 Å². The molecule has 4 nitrogen and oxygen atoms in total. The number of aromatic amines is 1. The third-order valence-corrected chi connectivity index (χ3v) is 4.99. The van der Waals surface area contributed by atoms with Crippen LogP contribution in [0.2, 0.25) is 0 Å². The Morgan fingerprint density at radius 1 is 1.38 bits per heavy atom. The van der Waals surface area contributed by atoms with Gasteiger partial charge in [-0.05, 0) is 37.8 Å². The highest BCUT2D eigenvalue weighted by Crippen LogP contribution is 2.38. The fourth-order valence-corrected chi connectivity index (χ4v) is 3.79. The maximum absolute atomic E-state index is 12.4. The van der Waals surface area contributed by atoms with E-state index >= 15 is 0 Å². The summed E-state index contributed by atoms with van der Waals surface area (Å²) in [6.45, 7) is 0.743. The van der Waals surface area contributed by atoms with Gasteiger partial charge in [-0.1, -0.05) is 31.5 Å². The molecule has 3 rings (SSSR count). The van der Waals surface area contributed by atoms with Gasteiger partial charge < -0.3 is 15.0 Å². The molecule has 1 saturated heterocycles. The molecule has 114 valence electrons. The van der Waals surface area contributed by atoms with Crippen LogP contribution in [0.15, 0.2) is 18.3 Å². The first-order valence-corrected chi connectivity index (χ1v) is 8.22. The van der Waals surface area contributed by atoms with Gasteiger partial charge in [0.1, 0.15) is 4.64 Å². The number of amides is 1. The van der Waals surface area contributed by atoms with Crippen molar-refractivity contribution < 1.29 is 9.53 Å². The average molecular weight is 306 g/mol. The van der Waals surface area contributed by atoms with Gasteiger partial charge >= 0.3 is 0 Å². The summed E-state index contributed by atoms with van der Waals surface area (Å²) >= 11 is 5.17. The van der Waals surface area contributed by atoms with Crippen molar-refractivity contribution >= 4 is 18.1 Å². The molecule has 1 aliphatic carbocycles. The minimum Gasteiger partial charge on any atom is -0.375 e. The monoisotopic (exact) mass is 306 g/mol. The highest BCUT2D eigenvalue weighted by atomic mass is 32.1. The summed E-state index contributed by atoms with van der Waals surface area (Å²) in [4.78, 5) is 15.3. The van der Waals surface area contributed by atoms with Crippen LogP contribution in [0.5, 0.6) is 0 Å². The molecule has 2 aliphatic rings. The first-order valence-electron chi connectivity index (χ1n) is 7.81. The summed E-state index contributed by atoms with van der Waals surface area (Å²) in [5.74, 6) is -0.0743. The number of H-pyrrole nitrogens is 1. The number of carbonyl (C=O) groups excluding carboxylic acids is 1. The van der Waals surface area contributed by atoms with Crippen LogP contribution in [0.25, 0.3) is 0 Å². The number of rotatable bonds is 2. The molecule has 1 amide bonds. The molecule has 5 heteroatoms. The van der Waals surface area contributed by atoms with E-state index < -0.39 is 0 Å². The van der Waals surface area contributed by atoms with E-state index in [4.69, 9.17) is 17.0 Å². The summed E-state index contributed by atoms with van der Waals surface area (Å²) in [5, 5.41) is 3.14. The van der Waals surface area contributed by atoms with Crippen molar-refractivity contribution in [2.45, 2.75) is 56.6 Å². The van der Waals surface area contributed by atoms with Crippen LogP contribution >= 0.6 is 12.2 Å². The number of nitrogens with one attached hydrogen (secondary N) is 2. The van der Waals surface area contributed by atoms with E-state index in [1.54, 1.807) is 18.3 Å². The molecule has 1 spiro atoms. The van der Waals surface area contributed by atoms with E-state index in [-0.39, 0.29) is 17.6 Å². The predicted molar refractivity (Wildman–Crippen MR) is 83.9 cm³/mol. The third-order valence-electron chi connectivity index (χ3n) is 4.66. The van der Waals surface area contributed by atoms with Gasteiger partial charge in [0, 0.05) is 18.8 Å². The normalized spacial score (nSPS) is 24.7. The van der Waals surface area contributed by atoms with E-state index in [0.29, 0.717) is 10.2 Å². The lowest BCUT2D eigenvalue weighted by Crippen LogP contribution is -2.49. The standard InChI is InChI=1S/C16H22N2O2S/c19-14(13-5-4-9-17-15(13)21)18-12-6-10-20-16(11-12)7-2-1-3-8-16/h4-5,9,12H,1-3,6-8,10-11H2,(H,17,21)(H,18,19)/t12-/m1/s1. The number of hydrogen-bond acceptors (Lipinski definition) is 3. The zero-order valence-electron chi connectivity index (χ0n) is 12.2. The number of aromatic nitrogens is 1. The second-order valence-corrected chi connectivity index (χ2v) is 6.58. The Kier molecular flexibility index (Phi) is 4.40. The molecular formula is C16H22N2O2S. The van der Waals surface area contributed by atoms with Crippen LogP contribution in [0.4, 0.5) is 0 Å². The summed E-state index contributed by atoms with van der Waals surface area (Å²) in [5.41, 5.74) is 0.560. The molecule has 1 aromatic rings. The largest absolute Gasteiger partial charge is 0.375 e. The van der Waals surface area contributed by atoms with E-state index in [2.05, 4.69) is 10.3 Å². The summed E-state index contributed by atoms with van der Waals surface area (Å²) in [7, 11) is 0. The van der Waals surface area contributed by atoms with E-state index in [0.717, 1.165) is 32.3 Å². The van der Waals surface area contributed by atoms with Crippen molar-refractivity contribution in [3.63, 3.8) is 0 Å². The van der Waals surface area contributed by atoms with Crippen LogP contribution in [0.3, 0.4) is 0 Å². The molecule has 2 heterocycles. The number of carbonyl (C=O) groups is 1. The molecule has 21 heavy (non-hydrogen) atoms. The van der Waals surface area contributed by atoms with Crippen LogP contribution in [0, 0.1) is 4.64 Å². The lowest BCUT2D eigenvalue weighted by atomic mass is 9.78. The minimum absolute atomic E-state index is 0.00799. The van der Waals surface area contributed by atoms with Crippen molar-refractivity contribution in [2.75, 3.05) is 6.61 Å². The van der Waals surface area contributed by atoms with Crippen molar-refractivity contribution in [3.05, 3.63) is 28.5 Å². The molecule has 0 bridgehead atoms. The van der Waals surface area contributed by atoms with Crippen molar-refractivity contribution in [2.24, 2.45) is 0 Å². The molecule has 0 aromatic carbocycles. The molecule has 1 aromatic heterocycles. The summed E-state index contributed by atoms with van der Waals surface area (Å²) in [6, 6.07) is 3.76. The van der Waals surface area contributed by atoms with Gasteiger partial charge in [-0.15, -0.1) is 0 Å². The summed E-state index contributed by atoms with van der Waals surface area (Å²) in [6.07, 6.45) is 9.61. The molecular weight excluding hydrogens is 284 g/mol. The van der Waals surface area contributed by atoms with E-state index in [1.165, 1.54) is 19.3 Å². The maximum atomic E-state index is 12.4. The number of hydrogen-bond donors (Lipinski definition) is 2. The third kappa shape index (κ3) is 3.35. The van der Waals surface area contributed by atoms with Gasteiger partial charge in [-0.25, -0.2) is 0 Å². The first kappa shape index (κ1) is 14.7. The second-order valence-electron chi connectivity index (χ2n) is 6.17. The average Bonchev–Trinajstić information content (AvgIpc) is 2.48. The Morgan fingerprint density at radius 3 is 2.95 bits per heavy atom. The zero-order chi connectivity index (χ0) is 14.7. The molecule has 1 saturated carbocycles. The first-order chi connectivity index (χ1) is 10.2. The molecule has 0 radical (unpaired) electrons. The smallest absolute Gasteiger partial charge is 0.254 e. The fraction of sp³-hybridized carbons (Fsp3) is 0.625. The Bertz CT molecular complexity index is 558. The van der Waals surface area contributed by atoms with E-state index in [9.17, 15) is 4.79 Å². The SMILES string of the molecule is O=C(N[C@@H]1CCOC2(CCCCC2)C1)c1ccc[nH]c1=S. The van der Waals surface area contributed by atoms with Gasteiger partial charge in [0.05, 0.1) is 11.2 Å². The van der Waals surface area contributed by atoms with Gasteiger partial charge in [-0.3, -0.25) is 4.79 Å². The Hall–Kier alpha value is -1.20. The van der Waals surface area contributed by atoms with Crippen molar-refractivity contribution in [1.82, 2.24) is 10.3 Å². The molecule has 1 atom stereocenters. The number of pyridine rings is 1. The Balaban J connectivity index is 1.66. The van der Waals surface area contributed by atoms with Gasteiger partial charge in [-0.2, -0.15) is 0 Å². The van der Waals surface area contributed by atoms with Crippen LogP contribution in [-0.2, 0) is 4.74 Å². The van der Waals surface area contributed by atoms with Gasteiger partial charge in [0.15, 0.2) is 0 Å². The number of ether oxygens (including phenoxy) is 1. The highest BCUT2D eigenvalue weighted by molar-refractivity contribution is 7.71. The van der Waals surface area contributed by atoms with E-state index in [1.807, 2.05) is 0 Å². The molecule has 1 aliphatic heterocycles. The zero-order valence-corrected chi connectivity index (χ0v) is 13.0. The quantitative estimate of drug-likeness (QED) is 0.824. The topological polar surface area (TPSA) is 54.1 Å². The van der Waals surface area contributed by atoms with Crippen LogP contribution in [-0.4, -0.2) is 29.1 Å². The lowest BCUT2D eigenvalue weighted by Gasteiger charge is -2.43. The lowest BCUT2D eigenvalue weighted by molar-refractivity contribution is -0.107. The van der Waals surface area contributed by atoms with Crippen LogP contribution in [0.1, 0.15) is 55.3 Å². The Morgan fingerprint density at radius 2 is 2.19 bits per heavy atom. The maximum Gasteiger partial charge on any atom is 0.254 e. The minimum atomic E-state index is -0.0743. The van der Waals surface area contributed by atoms with Crippen molar-refractivity contribution in [3.8, 4) is 0 Å².